The molecule has 1 heterocycles. The molecule has 40 heavy (non-hydrogen) atoms. The molecule has 0 saturated heterocycles. The van der Waals surface area contributed by atoms with E-state index in [-0.39, 0.29) is 12.5 Å². The second-order valence-electron chi connectivity index (χ2n) is 9.76. The predicted molar refractivity (Wildman–Crippen MR) is 151 cm³/mol. The van der Waals surface area contributed by atoms with Crippen molar-refractivity contribution in [1.82, 2.24) is 0 Å². The van der Waals surface area contributed by atoms with Crippen molar-refractivity contribution in [3.63, 3.8) is 0 Å². The van der Waals surface area contributed by atoms with E-state index in [4.69, 9.17) is 14.7 Å². The number of aryl methyl sites for hydroxylation is 2. The van der Waals surface area contributed by atoms with Crippen LogP contribution in [0, 0.1) is 6.92 Å². The fraction of sp³-hybridized carbons (Fsp3) is 0.290. The largest absolute Gasteiger partial charge is 0.482 e. The van der Waals surface area contributed by atoms with E-state index in [9.17, 15) is 18.0 Å². The number of oxime groups is 1. The van der Waals surface area contributed by atoms with Crippen LogP contribution in [0.4, 0.5) is 13.2 Å². The van der Waals surface area contributed by atoms with Crippen molar-refractivity contribution >= 4 is 33.1 Å². The highest BCUT2D eigenvalue weighted by Crippen LogP contribution is 2.40. The maximum absolute atomic E-state index is 13.4. The van der Waals surface area contributed by atoms with Crippen LogP contribution in [0.3, 0.4) is 0 Å². The molecule has 4 aromatic rings. The van der Waals surface area contributed by atoms with Crippen molar-refractivity contribution in [1.29, 1.82) is 0 Å². The van der Waals surface area contributed by atoms with E-state index in [2.05, 4.69) is 5.16 Å². The first kappa shape index (κ1) is 29.1. The number of nitrogens with zero attached hydrogens (tertiary/aromatic N) is 1. The Morgan fingerprint density at radius 2 is 1.80 bits per heavy atom. The number of carboxylic acid groups (broad SMARTS) is 1. The quantitative estimate of drug-likeness (QED) is 0.146. The molecule has 0 spiro atoms. The van der Waals surface area contributed by atoms with Gasteiger partial charge in [0.05, 0.1) is 11.3 Å². The third-order valence-electron chi connectivity index (χ3n) is 6.41. The van der Waals surface area contributed by atoms with Gasteiger partial charge in [0.25, 0.3) is 0 Å². The number of thiophene rings is 1. The maximum Gasteiger partial charge on any atom is 0.416 e. The molecule has 0 aliphatic heterocycles. The maximum atomic E-state index is 13.4. The van der Waals surface area contributed by atoms with Crippen molar-refractivity contribution in [3.8, 4) is 5.75 Å². The van der Waals surface area contributed by atoms with Gasteiger partial charge in [-0.1, -0.05) is 55.4 Å². The van der Waals surface area contributed by atoms with Crippen LogP contribution in [0.15, 0.2) is 71.9 Å². The summed E-state index contributed by atoms with van der Waals surface area (Å²) in [5.74, 6) is -0.474. The number of hydrogen-bond donors (Lipinski definition) is 1. The molecule has 0 radical (unpaired) electrons. The summed E-state index contributed by atoms with van der Waals surface area (Å²) in [6.45, 7) is 5.74. The van der Waals surface area contributed by atoms with Gasteiger partial charge in [-0.2, -0.15) is 13.2 Å². The predicted octanol–water partition coefficient (Wildman–Crippen LogP) is 8.37. The van der Waals surface area contributed by atoms with Gasteiger partial charge in [0.15, 0.2) is 6.61 Å². The highest BCUT2D eigenvalue weighted by atomic mass is 32.1. The molecule has 1 aromatic heterocycles. The lowest BCUT2D eigenvalue weighted by Gasteiger charge is -2.13. The molecule has 0 bridgehead atoms. The van der Waals surface area contributed by atoms with Crippen molar-refractivity contribution in [2.75, 3.05) is 6.61 Å². The second-order valence-corrected chi connectivity index (χ2v) is 10.9. The molecule has 0 atom stereocenters. The minimum Gasteiger partial charge on any atom is -0.482 e. The first-order valence-corrected chi connectivity index (χ1v) is 13.7. The number of alkyl halides is 3. The lowest BCUT2D eigenvalue weighted by molar-refractivity contribution is -0.139. The summed E-state index contributed by atoms with van der Waals surface area (Å²) in [7, 11) is 0. The molecular weight excluding hydrogens is 539 g/mol. The van der Waals surface area contributed by atoms with Gasteiger partial charge in [0.2, 0.25) is 0 Å². The zero-order valence-electron chi connectivity index (χ0n) is 22.4. The average Bonchev–Trinajstić information content (AvgIpc) is 3.28. The zero-order chi connectivity index (χ0) is 28.9. The minimum atomic E-state index is -4.40. The van der Waals surface area contributed by atoms with E-state index in [0.29, 0.717) is 29.0 Å². The number of carboxylic acids is 1. The summed E-state index contributed by atoms with van der Waals surface area (Å²) < 4.78 is 46.0. The monoisotopic (exact) mass is 569 g/mol. The van der Waals surface area contributed by atoms with Crippen LogP contribution in [0.5, 0.6) is 5.75 Å². The van der Waals surface area contributed by atoms with E-state index in [1.54, 1.807) is 18.2 Å². The molecule has 4 rings (SSSR count). The van der Waals surface area contributed by atoms with Crippen LogP contribution in [-0.4, -0.2) is 23.4 Å². The van der Waals surface area contributed by atoms with Gasteiger partial charge in [-0.15, -0.1) is 11.3 Å². The summed E-state index contributed by atoms with van der Waals surface area (Å²) in [5.41, 5.74) is 3.57. The van der Waals surface area contributed by atoms with E-state index >= 15 is 0 Å². The minimum absolute atomic E-state index is 0.128. The standard InChI is InChI=1S/C31H30F3NO4S/c1-19(2)30-24-11-10-23(31(32,33)34)16-28(24)40-27(30)14-12-25(35-39-17-21-7-5-4-6-8-21)22-9-13-26(20(3)15-22)38-18-29(36)37/h4-11,13,15-16,19H,12,14,17-18H2,1-3H3,(H,36,37)/b35-25+. The molecule has 0 fully saturated rings. The number of ether oxygens (including phenoxy) is 1. The Morgan fingerprint density at radius 3 is 2.45 bits per heavy atom. The molecule has 0 saturated carbocycles. The van der Waals surface area contributed by atoms with Crippen molar-refractivity contribution in [2.45, 2.75) is 52.3 Å². The van der Waals surface area contributed by atoms with E-state index in [1.165, 1.54) is 17.4 Å². The Kier molecular flexibility index (Phi) is 9.14. The number of aliphatic carboxylic acids is 1. The van der Waals surface area contributed by atoms with Crippen LogP contribution < -0.4 is 4.74 Å². The van der Waals surface area contributed by atoms with Gasteiger partial charge in [-0.25, -0.2) is 4.79 Å². The Labute approximate surface area is 234 Å². The lowest BCUT2D eigenvalue weighted by atomic mass is 9.95. The summed E-state index contributed by atoms with van der Waals surface area (Å²) >= 11 is 1.38. The summed E-state index contributed by atoms with van der Waals surface area (Å²) in [5, 5.41) is 14.2. The number of hydrogen-bond acceptors (Lipinski definition) is 5. The molecule has 1 N–H and O–H groups in total. The molecule has 210 valence electrons. The van der Waals surface area contributed by atoms with E-state index in [0.717, 1.165) is 38.6 Å². The Morgan fingerprint density at radius 1 is 1.05 bits per heavy atom. The third kappa shape index (κ3) is 7.21. The molecule has 0 aliphatic rings. The summed E-state index contributed by atoms with van der Waals surface area (Å²) in [6.07, 6.45) is -3.34. The summed E-state index contributed by atoms with van der Waals surface area (Å²) in [6, 6.07) is 19.0. The normalized spacial score (nSPS) is 12.2. The fourth-order valence-electron chi connectivity index (χ4n) is 4.53. The van der Waals surface area contributed by atoms with E-state index < -0.39 is 24.3 Å². The molecule has 3 aromatic carbocycles. The van der Waals surface area contributed by atoms with Crippen LogP contribution in [0.1, 0.15) is 58.9 Å². The van der Waals surface area contributed by atoms with E-state index in [1.807, 2.05) is 57.2 Å². The Balaban J connectivity index is 1.63. The molecule has 0 aliphatic carbocycles. The second kappa shape index (κ2) is 12.6. The Hall–Kier alpha value is -3.85. The summed E-state index contributed by atoms with van der Waals surface area (Å²) in [4.78, 5) is 17.6. The first-order valence-electron chi connectivity index (χ1n) is 12.8. The molecule has 0 unspecified atom stereocenters. The number of halogens is 3. The van der Waals surface area contributed by atoms with Gasteiger partial charge >= 0.3 is 12.1 Å². The third-order valence-corrected chi connectivity index (χ3v) is 7.64. The van der Waals surface area contributed by atoms with Gasteiger partial charge in [-0.05, 0) is 83.7 Å². The van der Waals surface area contributed by atoms with Crippen LogP contribution in [0.2, 0.25) is 0 Å². The average molecular weight is 570 g/mol. The van der Waals surface area contributed by atoms with Gasteiger partial charge in [-0.3, -0.25) is 0 Å². The topological polar surface area (TPSA) is 68.1 Å². The molecule has 0 amide bonds. The molecule has 9 heteroatoms. The van der Waals surface area contributed by atoms with Crippen LogP contribution in [0.25, 0.3) is 10.1 Å². The highest BCUT2D eigenvalue weighted by Gasteiger charge is 2.31. The van der Waals surface area contributed by atoms with Gasteiger partial charge in [0.1, 0.15) is 12.4 Å². The molecular formula is C31H30F3NO4S. The smallest absolute Gasteiger partial charge is 0.416 e. The number of carbonyl (C=O) groups is 1. The lowest BCUT2D eigenvalue weighted by Crippen LogP contribution is -2.11. The SMILES string of the molecule is Cc1cc(/C(CCc2sc3cc(C(F)(F)F)ccc3c2C(C)C)=N/OCc2ccccc2)ccc1OCC(=O)O. The Bertz CT molecular complexity index is 1510. The van der Waals surface area contributed by atoms with Crippen molar-refractivity contribution < 1.29 is 32.6 Å². The number of fused-ring (bicyclic) bond motifs is 1. The van der Waals surface area contributed by atoms with Gasteiger partial charge in [0, 0.05) is 9.58 Å². The number of rotatable bonds is 11. The fourth-order valence-corrected chi connectivity index (χ4v) is 5.93. The first-order chi connectivity index (χ1) is 19.0. The van der Waals surface area contributed by atoms with Crippen LogP contribution in [-0.2, 0) is 28.8 Å². The van der Waals surface area contributed by atoms with Gasteiger partial charge < -0.3 is 14.7 Å². The van der Waals surface area contributed by atoms with Crippen LogP contribution >= 0.6 is 11.3 Å². The number of benzene rings is 3. The zero-order valence-corrected chi connectivity index (χ0v) is 23.2. The highest BCUT2D eigenvalue weighted by molar-refractivity contribution is 7.19. The molecule has 5 nitrogen and oxygen atoms in total. The van der Waals surface area contributed by atoms with Crippen molar-refractivity contribution in [2.24, 2.45) is 5.16 Å². The van der Waals surface area contributed by atoms with Crippen molar-refractivity contribution in [3.05, 3.63) is 99.4 Å².